The first-order valence-corrected chi connectivity index (χ1v) is 2.98. The Labute approximate surface area is 30.7 Å². The van der Waals surface area contributed by atoms with Crippen molar-refractivity contribution in [3.63, 3.8) is 0 Å². The van der Waals surface area contributed by atoms with Crippen LogP contribution in [0.4, 0.5) is 0 Å². The SMILES string of the molecule is O=S1(=O)[CH]C1. The maximum Gasteiger partial charge on any atom is 0.156 e. The molecule has 0 aliphatic carbocycles. The van der Waals surface area contributed by atoms with Crippen LogP contribution in [0.5, 0.6) is 0 Å². The van der Waals surface area contributed by atoms with Gasteiger partial charge in [0, 0.05) is 0 Å². The summed E-state index contributed by atoms with van der Waals surface area (Å²) in [5.41, 5.74) is 0. The zero-order valence-electron chi connectivity index (χ0n) is 2.51. The Bertz CT molecular complexity index is 111. The van der Waals surface area contributed by atoms with Crippen molar-refractivity contribution < 1.29 is 8.42 Å². The molecule has 0 aromatic carbocycles. The Hall–Kier alpha value is -0.0500. The Morgan fingerprint density at radius 1 is 1.60 bits per heavy atom. The molecule has 0 bridgehead atoms. The third kappa shape index (κ3) is 0.613. The smallest absolute Gasteiger partial charge is 0.156 e. The second-order valence-electron chi connectivity index (χ2n) is 0.996. The van der Waals surface area contributed by atoms with E-state index in [0.717, 1.165) is 0 Å². The monoisotopic (exact) mass is 91.0 g/mol. The van der Waals surface area contributed by atoms with Gasteiger partial charge in [-0.2, -0.15) is 0 Å². The van der Waals surface area contributed by atoms with Crippen molar-refractivity contribution in [3.8, 4) is 0 Å². The van der Waals surface area contributed by atoms with Crippen LogP contribution in [0.3, 0.4) is 0 Å². The van der Waals surface area contributed by atoms with Crippen LogP contribution in [-0.2, 0) is 9.84 Å². The lowest BCUT2D eigenvalue weighted by Gasteiger charge is -1.45. The van der Waals surface area contributed by atoms with Gasteiger partial charge in [-0.1, -0.05) is 0 Å². The molecular weight excluding hydrogens is 88.1 g/mol. The molecule has 0 amide bonds. The number of hydrogen-bond acceptors (Lipinski definition) is 2. The van der Waals surface area contributed by atoms with E-state index in [-0.39, 0.29) is 0 Å². The first kappa shape index (κ1) is 3.15. The van der Waals surface area contributed by atoms with Gasteiger partial charge in [0.1, 0.15) is 0 Å². The molecule has 1 aliphatic heterocycles. The van der Waals surface area contributed by atoms with Crippen LogP contribution in [0.15, 0.2) is 0 Å². The van der Waals surface area contributed by atoms with Crippen LogP contribution in [0.1, 0.15) is 0 Å². The summed E-state index contributed by atoms with van der Waals surface area (Å²) in [5, 5.41) is 0. The van der Waals surface area contributed by atoms with Crippen molar-refractivity contribution in [3.05, 3.63) is 5.75 Å². The van der Waals surface area contributed by atoms with Crippen LogP contribution in [0.25, 0.3) is 0 Å². The summed E-state index contributed by atoms with van der Waals surface area (Å²) in [6, 6.07) is 0. The quantitative estimate of drug-likeness (QED) is 0.379. The molecule has 0 spiro atoms. The highest BCUT2D eigenvalue weighted by molar-refractivity contribution is 8.00. The van der Waals surface area contributed by atoms with Gasteiger partial charge in [-0.05, 0) is 0 Å². The molecule has 29 valence electrons. The molecule has 0 unspecified atom stereocenters. The summed E-state index contributed by atoms with van der Waals surface area (Å²) in [6.07, 6.45) is 0. The summed E-state index contributed by atoms with van der Waals surface area (Å²) in [4.78, 5) is 0. The standard InChI is InChI=1S/C2H3O2S/c3-5(4)1-2-5/h1H,2H2. The molecule has 0 N–H and O–H groups in total. The predicted octanol–water partition coefficient (Wildman–Crippen LogP) is -0.423. The summed E-state index contributed by atoms with van der Waals surface area (Å²) in [7, 11) is -2.54. The molecule has 0 aromatic heterocycles. The van der Waals surface area contributed by atoms with Crippen LogP contribution >= 0.6 is 0 Å². The van der Waals surface area contributed by atoms with E-state index in [1.54, 1.807) is 0 Å². The Morgan fingerprint density at radius 2 is 1.80 bits per heavy atom. The molecule has 5 heavy (non-hydrogen) atoms. The van der Waals surface area contributed by atoms with Gasteiger partial charge in [0.15, 0.2) is 9.84 Å². The number of hydrogen-bond donors (Lipinski definition) is 0. The minimum atomic E-state index is -2.54. The number of sulfone groups is 1. The topological polar surface area (TPSA) is 34.1 Å². The first-order valence-electron chi connectivity index (χ1n) is 1.27. The largest absolute Gasteiger partial charge is 0.228 e. The van der Waals surface area contributed by atoms with Crippen LogP contribution in [0.2, 0.25) is 0 Å². The van der Waals surface area contributed by atoms with Crippen molar-refractivity contribution in [1.82, 2.24) is 0 Å². The van der Waals surface area contributed by atoms with E-state index in [4.69, 9.17) is 0 Å². The molecule has 1 heterocycles. The lowest BCUT2D eigenvalue weighted by molar-refractivity contribution is 0.616. The van der Waals surface area contributed by atoms with E-state index in [1.165, 1.54) is 5.75 Å². The lowest BCUT2D eigenvalue weighted by Crippen LogP contribution is -1.59. The highest BCUT2D eigenvalue weighted by atomic mass is 32.2. The fourth-order valence-corrected chi connectivity index (χ4v) is 0.500. The van der Waals surface area contributed by atoms with Gasteiger partial charge in [-0.25, -0.2) is 8.42 Å². The molecule has 1 saturated heterocycles. The summed E-state index contributed by atoms with van der Waals surface area (Å²) in [5.74, 6) is 1.58. The van der Waals surface area contributed by atoms with Gasteiger partial charge in [-0.15, -0.1) is 0 Å². The third-order valence-corrected chi connectivity index (χ3v) is 1.32. The van der Waals surface area contributed by atoms with Crippen molar-refractivity contribution in [2.45, 2.75) is 0 Å². The molecular formula is C2H3O2S. The molecule has 1 aliphatic rings. The molecule has 1 fully saturated rings. The molecule has 1 rings (SSSR count). The van der Waals surface area contributed by atoms with Crippen molar-refractivity contribution in [1.29, 1.82) is 0 Å². The van der Waals surface area contributed by atoms with Crippen molar-refractivity contribution >= 4 is 9.84 Å². The average molecular weight is 91.1 g/mol. The van der Waals surface area contributed by atoms with Crippen LogP contribution < -0.4 is 0 Å². The van der Waals surface area contributed by atoms with Gasteiger partial charge in [-0.3, -0.25) is 0 Å². The fourth-order valence-electron chi connectivity index (χ4n) is 0.0556. The van der Waals surface area contributed by atoms with Crippen LogP contribution in [0, 0.1) is 5.75 Å². The zero-order valence-corrected chi connectivity index (χ0v) is 3.33. The zero-order chi connectivity index (χ0) is 3.91. The van der Waals surface area contributed by atoms with Crippen molar-refractivity contribution in [2.75, 3.05) is 5.75 Å². The van der Waals surface area contributed by atoms with E-state index in [2.05, 4.69) is 0 Å². The Morgan fingerprint density at radius 3 is 1.80 bits per heavy atom. The average Bonchev–Trinajstić information content (AvgIpc) is 1.76. The number of rotatable bonds is 0. The summed E-state index contributed by atoms with van der Waals surface area (Å²) >= 11 is 0. The molecule has 2 nitrogen and oxygen atoms in total. The molecule has 0 aromatic rings. The van der Waals surface area contributed by atoms with Gasteiger partial charge in [0.25, 0.3) is 0 Å². The predicted molar refractivity (Wildman–Crippen MR) is 18.1 cm³/mol. The second-order valence-corrected chi connectivity index (χ2v) is 2.99. The first-order chi connectivity index (χ1) is 2.21. The van der Waals surface area contributed by atoms with Crippen LogP contribution in [-0.4, -0.2) is 14.2 Å². The highest BCUT2D eigenvalue weighted by Crippen LogP contribution is 2.12. The summed E-state index contributed by atoms with van der Waals surface area (Å²) < 4.78 is 19.4. The van der Waals surface area contributed by atoms with Gasteiger partial charge < -0.3 is 0 Å². The van der Waals surface area contributed by atoms with E-state index < -0.39 is 9.84 Å². The van der Waals surface area contributed by atoms with Crippen molar-refractivity contribution in [2.24, 2.45) is 0 Å². The fraction of sp³-hybridized carbons (Fsp3) is 0.500. The van der Waals surface area contributed by atoms with Gasteiger partial charge >= 0.3 is 0 Å². The minimum Gasteiger partial charge on any atom is -0.228 e. The molecule has 0 saturated carbocycles. The highest BCUT2D eigenvalue weighted by Gasteiger charge is 2.26. The lowest BCUT2D eigenvalue weighted by atomic mass is 11.0. The second kappa shape index (κ2) is 0.544. The summed E-state index contributed by atoms with van der Waals surface area (Å²) in [6.45, 7) is 0. The van der Waals surface area contributed by atoms with E-state index in [0.29, 0.717) is 5.75 Å². The maximum absolute atomic E-state index is 9.69. The van der Waals surface area contributed by atoms with E-state index in [1.807, 2.05) is 0 Å². The molecule has 1 radical (unpaired) electrons. The Balaban J connectivity index is 3.15. The maximum atomic E-state index is 9.69. The van der Waals surface area contributed by atoms with Gasteiger partial charge in [0.05, 0.1) is 11.5 Å². The molecule has 0 atom stereocenters. The van der Waals surface area contributed by atoms with E-state index in [9.17, 15) is 8.42 Å². The van der Waals surface area contributed by atoms with E-state index >= 15 is 0 Å². The molecule has 3 heteroatoms. The Kier molecular flexibility index (Phi) is 0.343. The van der Waals surface area contributed by atoms with Gasteiger partial charge in [0.2, 0.25) is 0 Å². The third-order valence-electron chi connectivity index (χ3n) is 0.439. The minimum absolute atomic E-state index is 0.299. The normalized spacial score (nSPS) is 29.6.